The largest absolute Gasteiger partial charge is 0.307 e. The van der Waals surface area contributed by atoms with E-state index in [1.54, 1.807) is 16.9 Å². The number of hydrogen-bond donors (Lipinski definition) is 1. The number of aromatic nitrogens is 4. The van der Waals surface area contributed by atoms with Crippen molar-refractivity contribution in [2.75, 3.05) is 5.32 Å². The molecule has 0 aliphatic carbocycles. The molecule has 1 amide bonds. The summed E-state index contributed by atoms with van der Waals surface area (Å²) < 4.78 is 1.78. The van der Waals surface area contributed by atoms with Crippen molar-refractivity contribution in [3.05, 3.63) is 109 Å². The molecule has 6 nitrogen and oxygen atoms in total. The van der Waals surface area contributed by atoms with Crippen LogP contribution in [0, 0.1) is 0 Å². The van der Waals surface area contributed by atoms with Gasteiger partial charge >= 0.3 is 0 Å². The smallest absolute Gasteiger partial charge is 0.259 e. The number of anilines is 1. The highest BCUT2D eigenvalue weighted by molar-refractivity contribution is 6.03. The van der Waals surface area contributed by atoms with E-state index >= 15 is 0 Å². The number of carbonyl (C=O) groups excluding carboxylic acids is 1. The van der Waals surface area contributed by atoms with E-state index in [2.05, 4.69) is 44.6 Å². The molecule has 0 unspecified atom stereocenters. The van der Waals surface area contributed by atoms with Crippen LogP contribution >= 0.6 is 0 Å². The molecule has 0 saturated heterocycles. The van der Waals surface area contributed by atoms with E-state index in [0.29, 0.717) is 23.8 Å². The topological polar surface area (TPSA) is 72.7 Å². The molecule has 3 aromatic carbocycles. The van der Waals surface area contributed by atoms with Crippen LogP contribution in [0.5, 0.6) is 0 Å². The number of nitrogens with zero attached hydrogens (tertiary/aromatic N) is 4. The third kappa shape index (κ3) is 3.91. The second kappa shape index (κ2) is 8.20. The number of nitrogens with one attached hydrogen (secondary N) is 1. The molecule has 0 aliphatic heterocycles. The fourth-order valence-corrected chi connectivity index (χ4v) is 3.53. The molecule has 0 radical (unpaired) electrons. The summed E-state index contributed by atoms with van der Waals surface area (Å²) in [7, 11) is 0. The molecule has 0 saturated carbocycles. The third-order valence-electron chi connectivity index (χ3n) is 5.10. The quantitative estimate of drug-likeness (QED) is 0.456. The average molecular weight is 405 g/mol. The molecule has 0 spiro atoms. The molecule has 5 rings (SSSR count). The van der Waals surface area contributed by atoms with Crippen LogP contribution in [0.3, 0.4) is 0 Å². The van der Waals surface area contributed by atoms with Gasteiger partial charge in [-0.2, -0.15) is 5.10 Å². The zero-order valence-electron chi connectivity index (χ0n) is 16.6. The first-order valence-corrected chi connectivity index (χ1v) is 9.95. The second-order valence-electron chi connectivity index (χ2n) is 7.13. The molecule has 5 aromatic rings. The second-order valence-corrected chi connectivity index (χ2v) is 7.13. The molecule has 0 aliphatic rings. The maximum absolute atomic E-state index is 12.7. The van der Waals surface area contributed by atoms with Crippen molar-refractivity contribution in [1.29, 1.82) is 0 Å². The van der Waals surface area contributed by atoms with E-state index in [0.717, 1.165) is 11.1 Å². The van der Waals surface area contributed by atoms with Gasteiger partial charge in [0.15, 0.2) is 5.82 Å². The van der Waals surface area contributed by atoms with Crippen LogP contribution in [0.15, 0.2) is 97.5 Å². The Hall–Kier alpha value is -4.32. The molecular weight excluding hydrogens is 386 g/mol. The highest BCUT2D eigenvalue weighted by Gasteiger charge is 2.12. The first kappa shape index (κ1) is 18.7. The van der Waals surface area contributed by atoms with Crippen LogP contribution in [0.1, 0.15) is 15.9 Å². The number of carbonyl (C=O) groups is 1. The molecule has 1 N–H and O–H groups in total. The molecule has 31 heavy (non-hydrogen) atoms. The molecule has 150 valence electrons. The van der Waals surface area contributed by atoms with Crippen LogP contribution in [-0.4, -0.2) is 25.7 Å². The van der Waals surface area contributed by atoms with E-state index in [9.17, 15) is 4.79 Å². The Balaban J connectivity index is 1.34. The lowest BCUT2D eigenvalue weighted by Gasteiger charge is -2.11. The predicted octanol–water partition coefficient (Wildman–Crippen LogP) is 4.79. The molecular formula is C25H19N5O. The van der Waals surface area contributed by atoms with Gasteiger partial charge in [0.2, 0.25) is 0 Å². The van der Waals surface area contributed by atoms with Gasteiger partial charge in [0, 0.05) is 24.0 Å². The Morgan fingerprint density at radius 3 is 2.42 bits per heavy atom. The van der Waals surface area contributed by atoms with Gasteiger partial charge in [-0.3, -0.25) is 4.79 Å². The van der Waals surface area contributed by atoms with Crippen molar-refractivity contribution in [3.8, 4) is 11.4 Å². The summed E-state index contributed by atoms with van der Waals surface area (Å²) in [5.74, 6) is 0.919. The van der Waals surface area contributed by atoms with Gasteiger partial charge in [-0.05, 0) is 16.3 Å². The Kier molecular flexibility index (Phi) is 4.94. The van der Waals surface area contributed by atoms with Crippen LogP contribution in [0.2, 0.25) is 0 Å². The van der Waals surface area contributed by atoms with Crippen molar-refractivity contribution in [3.63, 3.8) is 0 Å². The van der Waals surface area contributed by atoms with Gasteiger partial charge in [-0.25, -0.2) is 14.6 Å². The van der Waals surface area contributed by atoms with E-state index in [1.165, 1.54) is 23.2 Å². The summed E-state index contributed by atoms with van der Waals surface area (Å²) in [5, 5.41) is 9.65. The first-order chi connectivity index (χ1) is 15.3. The van der Waals surface area contributed by atoms with Gasteiger partial charge in [0.1, 0.15) is 5.82 Å². The zero-order chi connectivity index (χ0) is 21.0. The summed E-state index contributed by atoms with van der Waals surface area (Å²) in [5.41, 5.74) is 2.42. The van der Waals surface area contributed by atoms with E-state index < -0.39 is 0 Å². The number of hydrogen-bond acceptors (Lipinski definition) is 4. The normalized spacial score (nSPS) is 10.8. The maximum atomic E-state index is 12.7. The van der Waals surface area contributed by atoms with Crippen LogP contribution < -0.4 is 5.32 Å². The Morgan fingerprint density at radius 1 is 0.839 bits per heavy atom. The predicted molar refractivity (Wildman–Crippen MR) is 121 cm³/mol. The minimum absolute atomic E-state index is 0.278. The number of benzene rings is 3. The van der Waals surface area contributed by atoms with Crippen molar-refractivity contribution in [2.45, 2.75) is 6.54 Å². The van der Waals surface area contributed by atoms with Gasteiger partial charge in [0.25, 0.3) is 5.91 Å². The fourth-order valence-electron chi connectivity index (χ4n) is 3.53. The summed E-state index contributed by atoms with van der Waals surface area (Å²) >= 11 is 0. The van der Waals surface area contributed by atoms with Gasteiger partial charge in [-0.15, -0.1) is 0 Å². The van der Waals surface area contributed by atoms with Crippen LogP contribution in [-0.2, 0) is 6.54 Å². The number of rotatable bonds is 5. The van der Waals surface area contributed by atoms with E-state index in [4.69, 9.17) is 0 Å². The van der Waals surface area contributed by atoms with Gasteiger partial charge in [-0.1, -0.05) is 72.8 Å². The average Bonchev–Trinajstić information content (AvgIpc) is 3.26. The van der Waals surface area contributed by atoms with Crippen molar-refractivity contribution >= 4 is 22.5 Å². The third-order valence-corrected chi connectivity index (χ3v) is 5.10. The summed E-state index contributed by atoms with van der Waals surface area (Å²) in [6.45, 7) is 0.549. The van der Waals surface area contributed by atoms with E-state index in [1.807, 2.05) is 48.5 Å². The van der Waals surface area contributed by atoms with Crippen LogP contribution in [0.4, 0.5) is 5.82 Å². The SMILES string of the molecule is O=C(Nc1ccnn1Cc1cccc2ccccc12)c1cnc(-c2ccccc2)nc1. The highest BCUT2D eigenvalue weighted by Crippen LogP contribution is 2.21. The Morgan fingerprint density at radius 2 is 1.58 bits per heavy atom. The Labute approximate surface area is 179 Å². The number of amides is 1. The molecule has 2 aromatic heterocycles. The minimum Gasteiger partial charge on any atom is -0.307 e. The minimum atomic E-state index is -0.278. The Bertz CT molecular complexity index is 1340. The summed E-state index contributed by atoms with van der Waals surface area (Å²) in [4.78, 5) is 21.4. The van der Waals surface area contributed by atoms with Crippen molar-refractivity contribution in [1.82, 2.24) is 19.7 Å². The molecule has 0 bridgehead atoms. The number of fused-ring (bicyclic) bond motifs is 1. The van der Waals surface area contributed by atoms with E-state index in [-0.39, 0.29) is 5.91 Å². The molecule has 2 heterocycles. The molecule has 0 fully saturated rings. The fraction of sp³-hybridized carbons (Fsp3) is 0.0400. The highest BCUT2D eigenvalue weighted by atomic mass is 16.1. The van der Waals surface area contributed by atoms with Crippen molar-refractivity contribution in [2.24, 2.45) is 0 Å². The van der Waals surface area contributed by atoms with Crippen LogP contribution in [0.25, 0.3) is 22.2 Å². The standard InChI is InChI=1S/C25H19N5O/c31-25(21-15-26-24(27-16-21)19-8-2-1-3-9-19)29-23-13-14-28-30(23)17-20-11-6-10-18-7-4-5-12-22(18)20/h1-16H,17H2,(H,29,31). The first-order valence-electron chi connectivity index (χ1n) is 9.95. The lowest BCUT2D eigenvalue weighted by atomic mass is 10.0. The molecule has 6 heteroatoms. The lowest BCUT2D eigenvalue weighted by molar-refractivity contribution is 0.102. The lowest BCUT2D eigenvalue weighted by Crippen LogP contribution is -2.17. The van der Waals surface area contributed by atoms with Crippen molar-refractivity contribution < 1.29 is 4.79 Å². The summed E-state index contributed by atoms with van der Waals surface area (Å²) in [6.07, 6.45) is 4.75. The zero-order valence-corrected chi connectivity index (χ0v) is 16.6. The summed E-state index contributed by atoms with van der Waals surface area (Å²) in [6, 6.07) is 25.9. The maximum Gasteiger partial charge on any atom is 0.259 e. The van der Waals surface area contributed by atoms with Gasteiger partial charge < -0.3 is 5.32 Å². The molecule has 0 atom stereocenters. The monoisotopic (exact) mass is 405 g/mol. The van der Waals surface area contributed by atoms with Gasteiger partial charge in [0.05, 0.1) is 18.3 Å².